The van der Waals surface area contributed by atoms with E-state index in [0.29, 0.717) is 5.82 Å². The zero-order valence-electron chi connectivity index (χ0n) is 13.5. The largest absolute Gasteiger partial charge is 0.353 e. The molecule has 0 amide bonds. The van der Waals surface area contributed by atoms with Crippen LogP contribution in [0.5, 0.6) is 0 Å². The molecule has 1 unspecified atom stereocenters. The van der Waals surface area contributed by atoms with Gasteiger partial charge in [-0.15, -0.1) is 0 Å². The quantitative estimate of drug-likeness (QED) is 0.739. The van der Waals surface area contributed by atoms with E-state index in [0.717, 1.165) is 22.8 Å². The first-order chi connectivity index (χ1) is 11.1. The van der Waals surface area contributed by atoms with Crippen molar-refractivity contribution in [2.75, 3.05) is 11.9 Å². The van der Waals surface area contributed by atoms with Crippen LogP contribution in [0.25, 0.3) is 11.5 Å². The van der Waals surface area contributed by atoms with Gasteiger partial charge in [0.25, 0.3) is 0 Å². The van der Waals surface area contributed by atoms with Gasteiger partial charge in [0.05, 0.1) is 6.04 Å². The molecule has 3 aromatic heterocycles. The Labute approximate surface area is 136 Å². The number of nitrogens with zero attached hydrogens (tertiary/aromatic N) is 5. The zero-order chi connectivity index (χ0) is 16.2. The lowest BCUT2D eigenvalue weighted by atomic mass is 10.1. The van der Waals surface area contributed by atoms with E-state index in [-0.39, 0.29) is 6.04 Å². The molecule has 0 saturated heterocycles. The third kappa shape index (κ3) is 3.34. The Morgan fingerprint density at radius 1 is 1.04 bits per heavy atom. The zero-order valence-corrected chi connectivity index (χ0v) is 13.5. The van der Waals surface area contributed by atoms with E-state index in [9.17, 15) is 0 Å². The minimum absolute atomic E-state index is 0.162. The van der Waals surface area contributed by atoms with Crippen LogP contribution in [-0.4, -0.2) is 27.0 Å². The smallest absolute Gasteiger partial charge is 0.180 e. The molecule has 0 radical (unpaired) electrons. The molecular weight excluding hydrogens is 286 g/mol. The highest BCUT2D eigenvalue weighted by Crippen LogP contribution is 2.25. The van der Waals surface area contributed by atoms with E-state index in [1.165, 1.54) is 0 Å². The van der Waals surface area contributed by atoms with Gasteiger partial charge >= 0.3 is 0 Å². The summed E-state index contributed by atoms with van der Waals surface area (Å²) in [6.45, 7) is 4.11. The molecule has 0 bridgehead atoms. The minimum Gasteiger partial charge on any atom is -0.353 e. The molecule has 1 atom stereocenters. The fourth-order valence-corrected chi connectivity index (χ4v) is 2.39. The average molecular weight is 305 g/mol. The van der Waals surface area contributed by atoms with Crippen molar-refractivity contribution >= 4 is 5.82 Å². The third-order valence-corrected chi connectivity index (χ3v) is 3.84. The fraction of sp³-hybridized carbons (Fsp3) is 0.222. The molecule has 0 aliphatic carbocycles. The SMILES string of the molecule is Cc1cc(N(C)C(C)c2cccnc2)nc(-c2ccccn2)n1. The topological polar surface area (TPSA) is 54.8 Å². The van der Waals surface area contributed by atoms with Crippen molar-refractivity contribution in [3.05, 3.63) is 66.2 Å². The van der Waals surface area contributed by atoms with E-state index in [2.05, 4.69) is 37.8 Å². The Morgan fingerprint density at radius 3 is 2.61 bits per heavy atom. The highest BCUT2D eigenvalue weighted by atomic mass is 15.2. The summed E-state index contributed by atoms with van der Waals surface area (Å²) in [5.74, 6) is 1.51. The lowest BCUT2D eigenvalue weighted by molar-refractivity contribution is 0.723. The molecule has 0 aliphatic heterocycles. The summed E-state index contributed by atoms with van der Waals surface area (Å²) in [6, 6.07) is 11.9. The van der Waals surface area contributed by atoms with E-state index in [1.807, 2.05) is 50.5 Å². The molecule has 3 rings (SSSR count). The lowest BCUT2D eigenvalue weighted by Gasteiger charge is -2.26. The Hall–Kier alpha value is -2.82. The van der Waals surface area contributed by atoms with Gasteiger partial charge in [-0.05, 0) is 37.6 Å². The van der Waals surface area contributed by atoms with Crippen LogP contribution in [0.1, 0.15) is 24.2 Å². The van der Waals surface area contributed by atoms with Crippen molar-refractivity contribution in [3.63, 3.8) is 0 Å². The summed E-state index contributed by atoms with van der Waals surface area (Å²) >= 11 is 0. The molecule has 0 N–H and O–H groups in total. The number of anilines is 1. The van der Waals surface area contributed by atoms with E-state index in [1.54, 1.807) is 12.4 Å². The molecule has 23 heavy (non-hydrogen) atoms. The predicted octanol–water partition coefficient (Wildman–Crippen LogP) is 3.44. The van der Waals surface area contributed by atoms with Crippen LogP contribution in [0.3, 0.4) is 0 Å². The molecule has 3 heterocycles. The van der Waals surface area contributed by atoms with E-state index in [4.69, 9.17) is 0 Å². The molecule has 0 saturated carbocycles. The van der Waals surface area contributed by atoms with Gasteiger partial charge < -0.3 is 4.90 Å². The molecule has 3 aromatic rings. The fourth-order valence-electron chi connectivity index (χ4n) is 2.39. The van der Waals surface area contributed by atoms with Crippen molar-refractivity contribution in [2.24, 2.45) is 0 Å². The van der Waals surface area contributed by atoms with Crippen LogP contribution in [0.4, 0.5) is 5.82 Å². The summed E-state index contributed by atoms with van der Waals surface area (Å²) in [5, 5.41) is 0. The highest BCUT2D eigenvalue weighted by molar-refractivity contribution is 5.54. The van der Waals surface area contributed by atoms with Crippen LogP contribution in [0.15, 0.2) is 55.0 Å². The Kier molecular flexibility index (Phi) is 4.28. The molecule has 0 spiro atoms. The van der Waals surface area contributed by atoms with E-state index < -0.39 is 0 Å². The normalized spacial score (nSPS) is 12.0. The molecule has 5 nitrogen and oxygen atoms in total. The van der Waals surface area contributed by atoms with E-state index >= 15 is 0 Å². The van der Waals surface area contributed by atoms with Crippen LogP contribution in [0.2, 0.25) is 0 Å². The maximum Gasteiger partial charge on any atom is 0.180 e. The number of hydrogen-bond acceptors (Lipinski definition) is 5. The monoisotopic (exact) mass is 305 g/mol. The second kappa shape index (κ2) is 6.52. The van der Waals surface area contributed by atoms with Crippen molar-refractivity contribution in [3.8, 4) is 11.5 Å². The van der Waals surface area contributed by atoms with Crippen LogP contribution < -0.4 is 4.90 Å². The molecule has 0 aliphatic rings. The van der Waals surface area contributed by atoms with Gasteiger partial charge in [-0.25, -0.2) is 9.97 Å². The number of pyridine rings is 2. The second-order valence-electron chi connectivity index (χ2n) is 5.48. The van der Waals surface area contributed by atoms with Gasteiger partial charge in [0, 0.05) is 37.4 Å². The van der Waals surface area contributed by atoms with Crippen molar-refractivity contribution < 1.29 is 0 Å². The Bertz CT molecular complexity index is 774. The second-order valence-corrected chi connectivity index (χ2v) is 5.48. The van der Waals surface area contributed by atoms with Gasteiger partial charge in [-0.2, -0.15) is 0 Å². The van der Waals surface area contributed by atoms with Gasteiger partial charge in [-0.1, -0.05) is 12.1 Å². The van der Waals surface area contributed by atoms with Crippen molar-refractivity contribution in [1.82, 2.24) is 19.9 Å². The molecule has 0 fully saturated rings. The Balaban J connectivity index is 1.95. The minimum atomic E-state index is 0.162. The third-order valence-electron chi connectivity index (χ3n) is 3.84. The summed E-state index contributed by atoms with van der Waals surface area (Å²) in [5.41, 5.74) is 2.84. The highest BCUT2D eigenvalue weighted by Gasteiger charge is 2.15. The summed E-state index contributed by atoms with van der Waals surface area (Å²) in [4.78, 5) is 19.8. The summed E-state index contributed by atoms with van der Waals surface area (Å²) in [6.07, 6.45) is 5.42. The number of rotatable bonds is 4. The lowest BCUT2D eigenvalue weighted by Crippen LogP contribution is -2.23. The maximum absolute atomic E-state index is 4.68. The van der Waals surface area contributed by atoms with Crippen molar-refractivity contribution in [1.29, 1.82) is 0 Å². The first kappa shape index (κ1) is 15.1. The average Bonchev–Trinajstić information content (AvgIpc) is 2.61. The van der Waals surface area contributed by atoms with Crippen LogP contribution >= 0.6 is 0 Å². The first-order valence-corrected chi connectivity index (χ1v) is 7.55. The number of aryl methyl sites for hydroxylation is 1. The van der Waals surface area contributed by atoms with Gasteiger partial charge in [0.2, 0.25) is 0 Å². The van der Waals surface area contributed by atoms with Crippen molar-refractivity contribution in [2.45, 2.75) is 19.9 Å². The molecule has 0 aromatic carbocycles. The molecular formula is C18H19N5. The van der Waals surface area contributed by atoms with Crippen LogP contribution in [-0.2, 0) is 0 Å². The molecule has 5 heteroatoms. The maximum atomic E-state index is 4.68. The first-order valence-electron chi connectivity index (χ1n) is 7.55. The number of aromatic nitrogens is 4. The standard InChI is InChI=1S/C18H19N5/c1-13-11-17(22-18(21-13)16-8-4-5-10-20-16)23(3)14(2)15-7-6-9-19-12-15/h4-12,14H,1-3H3. The molecule has 116 valence electrons. The van der Waals surface area contributed by atoms with Gasteiger partial charge in [0.15, 0.2) is 5.82 Å². The van der Waals surface area contributed by atoms with Gasteiger partial charge in [0.1, 0.15) is 11.5 Å². The predicted molar refractivity (Wildman–Crippen MR) is 91.1 cm³/mol. The summed E-state index contributed by atoms with van der Waals surface area (Å²) in [7, 11) is 2.03. The van der Waals surface area contributed by atoms with Crippen LogP contribution in [0, 0.1) is 6.92 Å². The number of hydrogen-bond donors (Lipinski definition) is 0. The van der Waals surface area contributed by atoms with Gasteiger partial charge in [-0.3, -0.25) is 9.97 Å². The summed E-state index contributed by atoms with van der Waals surface area (Å²) < 4.78 is 0. The Morgan fingerprint density at radius 2 is 1.91 bits per heavy atom.